The van der Waals surface area contributed by atoms with Crippen molar-refractivity contribution >= 4 is 45.6 Å². The van der Waals surface area contributed by atoms with Gasteiger partial charge >= 0.3 is 0 Å². The molecule has 5 nitrogen and oxygen atoms in total. The van der Waals surface area contributed by atoms with Gasteiger partial charge in [-0.25, -0.2) is 4.98 Å². The molecule has 0 saturated heterocycles. The van der Waals surface area contributed by atoms with Crippen LogP contribution in [0.3, 0.4) is 0 Å². The lowest BCUT2D eigenvalue weighted by atomic mass is 10.1. The Labute approximate surface area is 172 Å². The number of benzene rings is 2. The van der Waals surface area contributed by atoms with E-state index >= 15 is 0 Å². The highest BCUT2D eigenvalue weighted by Gasteiger charge is 2.09. The fourth-order valence-electron chi connectivity index (χ4n) is 2.84. The maximum atomic E-state index is 9.18. The van der Waals surface area contributed by atoms with Gasteiger partial charge in [0, 0.05) is 21.8 Å². The number of aliphatic hydroxyl groups excluding tert-OH is 1. The van der Waals surface area contributed by atoms with Gasteiger partial charge in [0.15, 0.2) is 0 Å². The molecule has 0 atom stereocenters. The van der Waals surface area contributed by atoms with Gasteiger partial charge in [-0.15, -0.1) is 11.3 Å². The molecule has 0 aliphatic heterocycles. The third-order valence-corrected chi connectivity index (χ3v) is 5.44. The van der Waals surface area contributed by atoms with Gasteiger partial charge in [0.1, 0.15) is 5.82 Å². The Kier molecular flexibility index (Phi) is 5.71. The van der Waals surface area contributed by atoms with Gasteiger partial charge in [0.05, 0.1) is 18.7 Å². The van der Waals surface area contributed by atoms with E-state index in [1.807, 2.05) is 48.5 Å². The van der Waals surface area contributed by atoms with E-state index in [0.29, 0.717) is 24.1 Å². The topological polar surface area (TPSA) is 70.1 Å². The SMILES string of the molecule is OCc1ccc(CNc2nc(NCc3cccs3)nc3ccc(Cl)cc23)cc1. The minimum atomic E-state index is 0.0437. The molecule has 28 heavy (non-hydrogen) atoms. The van der Waals surface area contributed by atoms with E-state index in [1.165, 1.54) is 4.88 Å². The molecule has 0 radical (unpaired) electrons. The molecule has 0 amide bonds. The zero-order valence-corrected chi connectivity index (χ0v) is 16.6. The number of hydrogen-bond acceptors (Lipinski definition) is 6. The van der Waals surface area contributed by atoms with Crippen LogP contribution in [0.1, 0.15) is 16.0 Å². The van der Waals surface area contributed by atoms with Crippen molar-refractivity contribution in [1.82, 2.24) is 9.97 Å². The van der Waals surface area contributed by atoms with E-state index in [2.05, 4.69) is 32.0 Å². The van der Waals surface area contributed by atoms with Gasteiger partial charge < -0.3 is 15.7 Å². The van der Waals surface area contributed by atoms with E-state index in [-0.39, 0.29) is 6.61 Å². The Morgan fingerprint density at radius 2 is 1.75 bits per heavy atom. The summed E-state index contributed by atoms with van der Waals surface area (Å²) in [6.45, 7) is 1.33. The Bertz CT molecular complexity index is 1070. The second kappa shape index (κ2) is 8.56. The fourth-order valence-corrected chi connectivity index (χ4v) is 3.66. The van der Waals surface area contributed by atoms with Gasteiger partial charge in [0.2, 0.25) is 5.95 Å². The van der Waals surface area contributed by atoms with Crippen LogP contribution in [0.25, 0.3) is 10.9 Å². The van der Waals surface area contributed by atoms with Gasteiger partial charge in [-0.05, 0) is 40.8 Å². The predicted octanol–water partition coefficient (Wildman–Crippen LogP) is 5.06. The first-order valence-electron chi connectivity index (χ1n) is 8.87. The molecular formula is C21H19ClN4OS. The number of aromatic nitrogens is 2. The number of fused-ring (bicyclic) bond motifs is 1. The van der Waals surface area contributed by atoms with Crippen molar-refractivity contribution in [3.05, 3.63) is 81.0 Å². The molecule has 2 heterocycles. The van der Waals surface area contributed by atoms with Crippen LogP contribution in [0.15, 0.2) is 60.0 Å². The van der Waals surface area contributed by atoms with Crippen molar-refractivity contribution in [3.63, 3.8) is 0 Å². The van der Waals surface area contributed by atoms with E-state index in [9.17, 15) is 5.11 Å². The molecule has 0 saturated carbocycles. The van der Waals surface area contributed by atoms with Crippen molar-refractivity contribution in [2.75, 3.05) is 10.6 Å². The number of nitrogens with one attached hydrogen (secondary N) is 2. The number of rotatable bonds is 7. The molecule has 0 aliphatic carbocycles. The van der Waals surface area contributed by atoms with Gasteiger partial charge in [-0.1, -0.05) is 41.9 Å². The lowest BCUT2D eigenvalue weighted by Gasteiger charge is -2.12. The van der Waals surface area contributed by atoms with Crippen LogP contribution in [-0.4, -0.2) is 15.1 Å². The number of anilines is 2. The second-order valence-corrected chi connectivity index (χ2v) is 7.79. The van der Waals surface area contributed by atoms with Crippen molar-refractivity contribution < 1.29 is 5.11 Å². The summed E-state index contributed by atoms with van der Waals surface area (Å²) in [5.74, 6) is 1.30. The number of thiophene rings is 1. The van der Waals surface area contributed by atoms with Gasteiger partial charge in [0.25, 0.3) is 0 Å². The summed E-state index contributed by atoms with van der Waals surface area (Å²) >= 11 is 7.88. The molecule has 0 bridgehead atoms. The van der Waals surface area contributed by atoms with Gasteiger partial charge in [-0.2, -0.15) is 4.98 Å². The predicted molar refractivity (Wildman–Crippen MR) is 116 cm³/mol. The number of aliphatic hydroxyl groups is 1. The molecule has 142 valence electrons. The number of halogens is 1. The van der Waals surface area contributed by atoms with Crippen LogP contribution >= 0.6 is 22.9 Å². The third-order valence-electron chi connectivity index (χ3n) is 4.32. The Balaban J connectivity index is 1.59. The highest BCUT2D eigenvalue weighted by Crippen LogP contribution is 2.26. The molecule has 4 aromatic rings. The molecule has 4 rings (SSSR count). The first-order valence-corrected chi connectivity index (χ1v) is 10.1. The normalized spacial score (nSPS) is 10.9. The molecular weight excluding hydrogens is 392 g/mol. The largest absolute Gasteiger partial charge is 0.392 e. The van der Waals surface area contributed by atoms with E-state index < -0.39 is 0 Å². The molecule has 0 aliphatic rings. The summed E-state index contributed by atoms with van der Waals surface area (Å²) < 4.78 is 0. The van der Waals surface area contributed by atoms with Crippen LogP contribution in [0.2, 0.25) is 5.02 Å². The zero-order chi connectivity index (χ0) is 19.3. The van der Waals surface area contributed by atoms with Crippen LogP contribution in [-0.2, 0) is 19.7 Å². The smallest absolute Gasteiger partial charge is 0.225 e. The fraction of sp³-hybridized carbons (Fsp3) is 0.143. The minimum Gasteiger partial charge on any atom is -0.392 e. The lowest BCUT2D eigenvalue weighted by Crippen LogP contribution is -2.07. The van der Waals surface area contributed by atoms with Gasteiger partial charge in [-0.3, -0.25) is 0 Å². The minimum absolute atomic E-state index is 0.0437. The van der Waals surface area contributed by atoms with Crippen molar-refractivity contribution in [2.45, 2.75) is 19.7 Å². The molecule has 7 heteroatoms. The Morgan fingerprint density at radius 1 is 0.929 bits per heavy atom. The van der Waals surface area contributed by atoms with E-state index in [0.717, 1.165) is 27.8 Å². The maximum absolute atomic E-state index is 9.18. The first kappa shape index (κ1) is 18.7. The van der Waals surface area contributed by atoms with E-state index in [4.69, 9.17) is 11.6 Å². The number of nitrogens with zero attached hydrogens (tertiary/aromatic N) is 2. The maximum Gasteiger partial charge on any atom is 0.225 e. The van der Waals surface area contributed by atoms with Crippen LogP contribution in [0, 0.1) is 0 Å². The summed E-state index contributed by atoms with van der Waals surface area (Å²) in [5, 5.41) is 19.4. The average molecular weight is 411 g/mol. The molecule has 3 N–H and O–H groups in total. The molecule has 2 aromatic carbocycles. The summed E-state index contributed by atoms with van der Waals surface area (Å²) in [6, 6.07) is 17.5. The van der Waals surface area contributed by atoms with Crippen LogP contribution in [0.4, 0.5) is 11.8 Å². The van der Waals surface area contributed by atoms with Crippen LogP contribution in [0.5, 0.6) is 0 Å². The first-order chi connectivity index (χ1) is 13.7. The number of hydrogen-bond donors (Lipinski definition) is 3. The standard InChI is InChI=1S/C21H19ClN4OS/c22-16-7-8-19-18(10-16)20(23-11-14-3-5-15(13-27)6-4-14)26-21(25-19)24-12-17-2-1-9-28-17/h1-10,27H,11-13H2,(H2,23,24,25,26). The van der Waals surface area contributed by atoms with Crippen molar-refractivity contribution in [1.29, 1.82) is 0 Å². The highest BCUT2D eigenvalue weighted by atomic mass is 35.5. The van der Waals surface area contributed by atoms with Crippen molar-refractivity contribution in [2.24, 2.45) is 0 Å². The van der Waals surface area contributed by atoms with E-state index in [1.54, 1.807) is 11.3 Å². The van der Waals surface area contributed by atoms with Crippen molar-refractivity contribution in [3.8, 4) is 0 Å². The molecule has 0 spiro atoms. The van der Waals surface area contributed by atoms with Crippen LogP contribution < -0.4 is 10.6 Å². The second-order valence-electron chi connectivity index (χ2n) is 6.32. The Morgan fingerprint density at radius 3 is 2.50 bits per heavy atom. The summed E-state index contributed by atoms with van der Waals surface area (Å²) in [4.78, 5) is 10.5. The highest BCUT2D eigenvalue weighted by molar-refractivity contribution is 7.09. The molecule has 0 fully saturated rings. The zero-order valence-electron chi connectivity index (χ0n) is 15.0. The quantitative estimate of drug-likeness (QED) is 0.397. The Hall–Kier alpha value is -2.67. The summed E-state index contributed by atoms with van der Waals surface area (Å²) in [7, 11) is 0. The molecule has 0 unspecified atom stereocenters. The lowest BCUT2D eigenvalue weighted by molar-refractivity contribution is 0.282. The monoisotopic (exact) mass is 410 g/mol. The third kappa shape index (κ3) is 4.42. The molecule has 2 aromatic heterocycles. The average Bonchev–Trinajstić information content (AvgIpc) is 3.25. The summed E-state index contributed by atoms with van der Waals surface area (Å²) in [5.41, 5.74) is 2.81. The summed E-state index contributed by atoms with van der Waals surface area (Å²) in [6.07, 6.45) is 0.